The fourth-order valence-electron chi connectivity index (χ4n) is 2.40. The number of halogens is 2. The molecular weight excluding hydrogens is 291 g/mol. The van der Waals surface area contributed by atoms with Crippen molar-refractivity contribution in [2.75, 3.05) is 10.6 Å². The number of fused-ring (bicyclic) bond motifs is 1. The Morgan fingerprint density at radius 2 is 2.14 bits per heavy atom. The molecule has 0 atom stereocenters. The van der Waals surface area contributed by atoms with Crippen molar-refractivity contribution in [3.8, 4) is 0 Å². The van der Waals surface area contributed by atoms with E-state index in [1.807, 2.05) is 6.07 Å². The summed E-state index contributed by atoms with van der Waals surface area (Å²) >= 11 is 6.20. The number of amides is 1. The standard InChI is InChI=1S/C16H14ClFN2O/c1-9-4-10(2-3-13(9)18)8-19-15-5-11-6-16(21)20-14(11)7-12(15)17/h2-5,7,19H,6,8H2,1H3,(H,20,21). The maximum atomic E-state index is 13.2. The Labute approximate surface area is 127 Å². The second kappa shape index (κ2) is 5.37. The first-order valence-corrected chi connectivity index (χ1v) is 7.02. The monoisotopic (exact) mass is 304 g/mol. The third-order valence-electron chi connectivity index (χ3n) is 3.52. The normalized spacial score (nSPS) is 13.0. The van der Waals surface area contributed by atoms with Gasteiger partial charge in [0.05, 0.1) is 17.1 Å². The van der Waals surface area contributed by atoms with Gasteiger partial charge in [-0.15, -0.1) is 0 Å². The molecule has 1 heterocycles. The van der Waals surface area contributed by atoms with Crippen LogP contribution in [-0.2, 0) is 17.8 Å². The van der Waals surface area contributed by atoms with Gasteiger partial charge in [-0.1, -0.05) is 23.7 Å². The van der Waals surface area contributed by atoms with Crippen LogP contribution in [0.1, 0.15) is 16.7 Å². The summed E-state index contributed by atoms with van der Waals surface area (Å²) in [5.74, 6) is -0.230. The van der Waals surface area contributed by atoms with Gasteiger partial charge < -0.3 is 10.6 Å². The third kappa shape index (κ3) is 2.85. The zero-order chi connectivity index (χ0) is 15.0. The Morgan fingerprint density at radius 3 is 2.90 bits per heavy atom. The van der Waals surface area contributed by atoms with Crippen LogP contribution in [-0.4, -0.2) is 5.91 Å². The number of hydrogen-bond acceptors (Lipinski definition) is 2. The van der Waals surface area contributed by atoms with E-state index < -0.39 is 0 Å². The highest BCUT2D eigenvalue weighted by Gasteiger charge is 2.19. The number of carbonyl (C=O) groups is 1. The van der Waals surface area contributed by atoms with E-state index in [9.17, 15) is 9.18 Å². The topological polar surface area (TPSA) is 41.1 Å². The van der Waals surface area contributed by atoms with E-state index in [1.54, 1.807) is 25.1 Å². The summed E-state index contributed by atoms with van der Waals surface area (Å²) in [4.78, 5) is 11.4. The lowest BCUT2D eigenvalue weighted by Crippen LogP contribution is -2.03. The van der Waals surface area contributed by atoms with Gasteiger partial charge in [-0.25, -0.2) is 4.39 Å². The molecule has 0 aliphatic carbocycles. The quantitative estimate of drug-likeness (QED) is 0.903. The van der Waals surface area contributed by atoms with Gasteiger partial charge in [0.1, 0.15) is 5.82 Å². The zero-order valence-electron chi connectivity index (χ0n) is 11.5. The van der Waals surface area contributed by atoms with Crippen LogP contribution in [0, 0.1) is 12.7 Å². The number of anilines is 2. The predicted octanol–water partition coefficient (Wildman–Crippen LogP) is 3.89. The van der Waals surface area contributed by atoms with Gasteiger partial charge in [0, 0.05) is 12.2 Å². The Morgan fingerprint density at radius 1 is 1.33 bits per heavy atom. The first kappa shape index (κ1) is 13.9. The van der Waals surface area contributed by atoms with Crippen LogP contribution in [0.4, 0.5) is 15.8 Å². The van der Waals surface area contributed by atoms with Crippen LogP contribution < -0.4 is 10.6 Å². The van der Waals surface area contributed by atoms with Gasteiger partial charge in [0.25, 0.3) is 0 Å². The van der Waals surface area contributed by atoms with Gasteiger partial charge >= 0.3 is 0 Å². The molecule has 2 aromatic rings. The summed E-state index contributed by atoms with van der Waals surface area (Å²) < 4.78 is 13.2. The minimum absolute atomic E-state index is 0.0209. The molecule has 1 amide bonds. The molecule has 5 heteroatoms. The van der Waals surface area contributed by atoms with Crippen molar-refractivity contribution < 1.29 is 9.18 Å². The molecule has 0 bridgehead atoms. The Hall–Kier alpha value is -2.07. The average molecular weight is 305 g/mol. The lowest BCUT2D eigenvalue weighted by atomic mass is 10.1. The van der Waals surface area contributed by atoms with Crippen molar-refractivity contribution >= 4 is 28.9 Å². The lowest BCUT2D eigenvalue weighted by molar-refractivity contribution is -0.115. The molecule has 1 aliphatic heterocycles. The molecule has 0 spiro atoms. The molecule has 0 saturated heterocycles. The highest BCUT2D eigenvalue weighted by Crippen LogP contribution is 2.33. The molecule has 108 valence electrons. The molecule has 0 saturated carbocycles. The van der Waals surface area contributed by atoms with E-state index in [-0.39, 0.29) is 11.7 Å². The van der Waals surface area contributed by atoms with Gasteiger partial charge in [-0.2, -0.15) is 0 Å². The molecule has 21 heavy (non-hydrogen) atoms. The molecule has 0 fully saturated rings. The average Bonchev–Trinajstić information content (AvgIpc) is 2.79. The Kier molecular flexibility index (Phi) is 3.55. The van der Waals surface area contributed by atoms with Crippen molar-refractivity contribution in [3.63, 3.8) is 0 Å². The van der Waals surface area contributed by atoms with Crippen molar-refractivity contribution in [1.82, 2.24) is 0 Å². The summed E-state index contributed by atoms with van der Waals surface area (Å²) in [6.45, 7) is 2.28. The molecular formula is C16H14ClFN2O. The minimum Gasteiger partial charge on any atom is -0.380 e. The zero-order valence-corrected chi connectivity index (χ0v) is 12.2. The van der Waals surface area contributed by atoms with Gasteiger partial charge in [-0.3, -0.25) is 4.79 Å². The molecule has 2 N–H and O–H groups in total. The van der Waals surface area contributed by atoms with Gasteiger partial charge in [0.2, 0.25) is 5.91 Å². The number of nitrogens with one attached hydrogen (secondary N) is 2. The van der Waals surface area contributed by atoms with Crippen molar-refractivity contribution in [3.05, 3.63) is 57.9 Å². The first-order chi connectivity index (χ1) is 10.0. The summed E-state index contributed by atoms with van der Waals surface area (Å²) in [5, 5.41) is 6.54. The Bertz CT molecular complexity index is 730. The van der Waals surface area contributed by atoms with Crippen molar-refractivity contribution in [2.24, 2.45) is 0 Å². The minimum atomic E-state index is -0.209. The van der Waals surface area contributed by atoms with Crippen molar-refractivity contribution in [2.45, 2.75) is 19.9 Å². The summed E-state index contributed by atoms with van der Waals surface area (Å²) in [7, 11) is 0. The van der Waals surface area contributed by atoms with E-state index >= 15 is 0 Å². The molecule has 1 aliphatic rings. The highest BCUT2D eigenvalue weighted by atomic mass is 35.5. The van der Waals surface area contributed by atoms with Crippen LogP contribution in [0.2, 0.25) is 5.02 Å². The van der Waals surface area contributed by atoms with E-state index in [1.165, 1.54) is 6.07 Å². The maximum Gasteiger partial charge on any atom is 0.228 e. The SMILES string of the molecule is Cc1cc(CNc2cc3c(cc2Cl)NC(=O)C3)ccc1F. The molecule has 2 aromatic carbocycles. The fourth-order valence-corrected chi connectivity index (χ4v) is 2.63. The number of aryl methyl sites for hydroxylation is 1. The van der Waals surface area contributed by atoms with Crippen LogP contribution in [0.15, 0.2) is 30.3 Å². The second-order valence-electron chi connectivity index (χ2n) is 5.15. The first-order valence-electron chi connectivity index (χ1n) is 6.64. The number of hydrogen-bond donors (Lipinski definition) is 2. The fraction of sp³-hybridized carbons (Fsp3) is 0.188. The van der Waals surface area contributed by atoms with E-state index in [0.29, 0.717) is 23.6 Å². The number of benzene rings is 2. The van der Waals surface area contributed by atoms with Crippen LogP contribution >= 0.6 is 11.6 Å². The van der Waals surface area contributed by atoms with Gasteiger partial charge in [0.15, 0.2) is 0 Å². The molecule has 3 rings (SSSR count). The number of carbonyl (C=O) groups excluding carboxylic acids is 1. The predicted molar refractivity (Wildman–Crippen MR) is 82.2 cm³/mol. The largest absolute Gasteiger partial charge is 0.380 e. The molecule has 0 aromatic heterocycles. The lowest BCUT2D eigenvalue weighted by Gasteiger charge is -2.11. The third-order valence-corrected chi connectivity index (χ3v) is 3.84. The maximum absolute atomic E-state index is 13.2. The van der Waals surface area contributed by atoms with E-state index in [4.69, 9.17) is 11.6 Å². The molecule has 3 nitrogen and oxygen atoms in total. The van der Waals surface area contributed by atoms with E-state index in [2.05, 4.69) is 10.6 Å². The van der Waals surface area contributed by atoms with Crippen LogP contribution in [0.25, 0.3) is 0 Å². The Balaban J connectivity index is 1.78. The van der Waals surface area contributed by atoms with Crippen LogP contribution in [0.5, 0.6) is 0 Å². The second-order valence-corrected chi connectivity index (χ2v) is 5.56. The summed E-state index contributed by atoms with van der Waals surface area (Å²) in [6, 6.07) is 8.63. The summed E-state index contributed by atoms with van der Waals surface area (Å²) in [6.07, 6.45) is 0.372. The van der Waals surface area contributed by atoms with Crippen LogP contribution in [0.3, 0.4) is 0 Å². The molecule has 0 unspecified atom stereocenters. The summed E-state index contributed by atoms with van der Waals surface area (Å²) in [5.41, 5.74) is 4.06. The number of rotatable bonds is 3. The molecule has 0 radical (unpaired) electrons. The van der Waals surface area contributed by atoms with Crippen molar-refractivity contribution in [1.29, 1.82) is 0 Å². The highest BCUT2D eigenvalue weighted by molar-refractivity contribution is 6.33. The van der Waals surface area contributed by atoms with Gasteiger partial charge in [-0.05, 0) is 41.8 Å². The smallest absolute Gasteiger partial charge is 0.228 e. The van der Waals surface area contributed by atoms with E-state index in [0.717, 1.165) is 22.5 Å².